The lowest BCUT2D eigenvalue weighted by Gasteiger charge is -2.25. The number of methoxy groups -OCH3 is 1. The summed E-state index contributed by atoms with van der Waals surface area (Å²) in [5.74, 6) is 2.89. The predicted octanol–water partition coefficient (Wildman–Crippen LogP) is 3.97. The van der Waals surface area contributed by atoms with E-state index in [4.69, 9.17) is 20.6 Å². The van der Waals surface area contributed by atoms with Crippen molar-refractivity contribution in [2.75, 3.05) is 13.7 Å². The molecular weight excluding hydrogens is 556 g/mol. The van der Waals surface area contributed by atoms with Crippen LogP contribution >= 0.6 is 27.3 Å². The van der Waals surface area contributed by atoms with E-state index in [1.54, 1.807) is 37.5 Å². The Bertz CT molecular complexity index is 1600. The van der Waals surface area contributed by atoms with E-state index in [-0.39, 0.29) is 18.3 Å². The first-order valence-corrected chi connectivity index (χ1v) is 13.1. The molecule has 7 nitrogen and oxygen atoms in total. The van der Waals surface area contributed by atoms with E-state index < -0.39 is 12.0 Å². The van der Waals surface area contributed by atoms with Crippen LogP contribution in [-0.4, -0.2) is 30.4 Å². The minimum Gasteiger partial charge on any atom is -0.493 e. The van der Waals surface area contributed by atoms with E-state index >= 15 is 0 Å². The van der Waals surface area contributed by atoms with Crippen LogP contribution in [0.4, 0.5) is 0 Å². The number of benzene rings is 2. The molecule has 0 amide bonds. The van der Waals surface area contributed by atoms with Crippen LogP contribution in [0.5, 0.6) is 11.5 Å². The Morgan fingerprint density at radius 2 is 2.03 bits per heavy atom. The van der Waals surface area contributed by atoms with Gasteiger partial charge in [0.15, 0.2) is 16.3 Å². The third kappa shape index (κ3) is 5.41. The van der Waals surface area contributed by atoms with Gasteiger partial charge in [0.25, 0.3) is 5.56 Å². The third-order valence-corrected chi connectivity index (χ3v) is 7.12. The molecule has 1 unspecified atom stereocenters. The van der Waals surface area contributed by atoms with Gasteiger partial charge in [-0.05, 0) is 66.0 Å². The monoisotopic (exact) mass is 580 g/mol. The van der Waals surface area contributed by atoms with Crippen molar-refractivity contribution in [3.8, 4) is 23.8 Å². The summed E-state index contributed by atoms with van der Waals surface area (Å²) in [6.07, 6.45) is 6.76. The lowest BCUT2D eigenvalue weighted by Crippen LogP contribution is -2.40. The van der Waals surface area contributed by atoms with E-state index in [0.717, 1.165) is 5.56 Å². The molecule has 4 rings (SSSR count). The molecular formula is C28H25BrN2O5S. The maximum Gasteiger partial charge on any atom is 0.338 e. The first-order valence-electron chi connectivity index (χ1n) is 11.5. The second-order valence-electron chi connectivity index (χ2n) is 8.47. The Hall–Kier alpha value is -3.61. The van der Waals surface area contributed by atoms with Gasteiger partial charge in [0.05, 0.1) is 39.5 Å². The van der Waals surface area contributed by atoms with Crippen LogP contribution in [-0.2, 0) is 9.53 Å². The van der Waals surface area contributed by atoms with Gasteiger partial charge < -0.3 is 14.2 Å². The molecule has 1 aliphatic rings. The Morgan fingerprint density at radius 1 is 1.30 bits per heavy atom. The summed E-state index contributed by atoms with van der Waals surface area (Å²) in [6, 6.07) is 12.3. The highest BCUT2D eigenvalue weighted by atomic mass is 79.9. The quantitative estimate of drug-likeness (QED) is 0.312. The van der Waals surface area contributed by atoms with Gasteiger partial charge in [0.2, 0.25) is 0 Å². The molecule has 0 spiro atoms. The summed E-state index contributed by atoms with van der Waals surface area (Å²) < 4.78 is 19.2. The first-order chi connectivity index (χ1) is 17.7. The number of carbonyl (C=O) groups excluding carboxylic acids is 1. The maximum absolute atomic E-state index is 13.8. The molecule has 0 saturated heterocycles. The molecule has 0 fully saturated rings. The zero-order valence-electron chi connectivity index (χ0n) is 20.8. The standard InChI is InChI=1S/C28H25BrN2O5S/c1-6-12-35-25-20(29)13-18(14-21(25)34-5)15-22-26(32)31-24(19-10-8-7-9-11-19)23(27(33)36-16(2)3)17(4)30-28(31)37-22/h1,7-11,13-16,24H,12H2,2-5H3. The lowest BCUT2D eigenvalue weighted by molar-refractivity contribution is -0.143. The maximum atomic E-state index is 13.8. The number of fused-ring (bicyclic) bond motifs is 1. The van der Waals surface area contributed by atoms with Gasteiger partial charge in [-0.1, -0.05) is 47.6 Å². The molecule has 0 saturated carbocycles. The van der Waals surface area contributed by atoms with Crippen molar-refractivity contribution in [1.29, 1.82) is 0 Å². The number of rotatable bonds is 7. The average molecular weight is 581 g/mol. The highest BCUT2D eigenvalue weighted by molar-refractivity contribution is 9.10. The number of esters is 1. The largest absolute Gasteiger partial charge is 0.493 e. The fourth-order valence-corrected chi connectivity index (χ4v) is 5.66. The lowest BCUT2D eigenvalue weighted by atomic mass is 9.96. The van der Waals surface area contributed by atoms with Crippen molar-refractivity contribution < 1.29 is 19.0 Å². The summed E-state index contributed by atoms with van der Waals surface area (Å²) in [5, 5.41) is 0. The zero-order chi connectivity index (χ0) is 26.7. The van der Waals surface area contributed by atoms with E-state index in [9.17, 15) is 9.59 Å². The molecule has 1 aromatic heterocycles. The molecule has 0 bridgehead atoms. The molecule has 0 radical (unpaired) electrons. The molecule has 9 heteroatoms. The number of terminal acetylenes is 1. The van der Waals surface area contributed by atoms with Crippen LogP contribution in [0.1, 0.15) is 37.9 Å². The summed E-state index contributed by atoms with van der Waals surface area (Å²) in [6.45, 7) is 5.43. The minimum atomic E-state index is -0.660. The summed E-state index contributed by atoms with van der Waals surface area (Å²) >= 11 is 4.75. The van der Waals surface area contributed by atoms with Crippen molar-refractivity contribution >= 4 is 39.3 Å². The molecule has 2 aromatic carbocycles. The van der Waals surface area contributed by atoms with Crippen molar-refractivity contribution in [2.24, 2.45) is 4.99 Å². The van der Waals surface area contributed by atoms with E-state index in [2.05, 4.69) is 26.8 Å². The first kappa shape index (κ1) is 26.5. The number of halogens is 1. The van der Waals surface area contributed by atoms with Gasteiger partial charge in [0, 0.05) is 0 Å². The van der Waals surface area contributed by atoms with Gasteiger partial charge >= 0.3 is 5.97 Å². The molecule has 0 aliphatic carbocycles. The van der Waals surface area contributed by atoms with Crippen molar-refractivity contribution in [2.45, 2.75) is 32.9 Å². The normalized spacial score (nSPS) is 15.2. The van der Waals surface area contributed by atoms with Crippen LogP contribution < -0.4 is 24.4 Å². The second-order valence-corrected chi connectivity index (χ2v) is 10.3. The van der Waals surface area contributed by atoms with Crippen LogP contribution in [0, 0.1) is 12.3 Å². The number of aromatic nitrogens is 1. The van der Waals surface area contributed by atoms with E-state index in [1.165, 1.54) is 18.4 Å². The van der Waals surface area contributed by atoms with E-state index in [0.29, 0.717) is 42.1 Å². The summed E-state index contributed by atoms with van der Waals surface area (Å²) in [7, 11) is 1.53. The van der Waals surface area contributed by atoms with Crippen LogP contribution in [0.25, 0.3) is 6.08 Å². The number of hydrogen-bond donors (Lipinski definition) is 0. The Labute approximate surface area is 226 Å². The number of ether oxygens (including phenoxy) is 3. The molecule has 37 heavy (non-hydrogen) atoms. The van der Waals surface area contributed by atoms with Crippen LogP contribution in [0.3, 0.4) is 0 Å². The molecule has 1 aliphatic heterocycles. The van der Waals surface area contributed by atoms with Gasteiger partial charge in [-0.3, -0.25) is 9.36 Å². The second kappa shape index (κ2) is 11.2. The van der Waals surface area contributed by atoms with Crippen molar-refractivity contribution in [3.63, 3.8) is 0 Å². The predicted molar refractivity (Wildman–Crippen MR) is 146 cm³/mol. The number of nitrogens with zero attached hydrogens (tertiary/aromatic N) is 2. The number of allylic oxidation sites excluding steroid dienone is 1. The number of thiazole rings is 1. The summed E-state index contributed by atoms with van der Waals surface area (Å²) in [4.78, 5) is 32.0. The van der Waals surface area contributed by atoms with Crippen LogP contribution in [0.2, 0.25) is 0 Å². The number of hydrogen-bond acceptors (Lipinski definition) is 7. The molecule has 1 atom stereocenters. The van der Waals surface area contributed by atoms with Crippen molar-refractivity contribution in [1.82, 2.24) is 4.57 Å². The van der Waals surface area contributed by atoms with Gasteiger partial charge in [-0.2, -0.15) is 0 Å². The van der Waals surface area contributed by atoms with Crippen molar-refractivity contribution in [3.05, 3.63) is 89.0 Å². The Balaban J connectivity index is 1.89. The molecule has 3 aromatic rings. The fourth-order valence-electron chi connectivity index (χ4n) is 4.04. The fraction of sp³-hybridized carbons (Fsp3) is 0.250. The zero-order valence-corrected chi connectivity index (χ0v) is 23.2. The van der Waals surface area contributed by atoms with Gasteiger partial charge in [-0.15, -0.1) is 6.42 Å². The minimum absolute atomic E-state index is 0.0906. The van der Waals surface area contributed by atoms with Crippen LogP contribution in [0.15, 0.2) is 68.0 Å². The van der Waals surface area contributed by atoms with Gasteiger partial charge in [-0.25, -0.2) is 9.79 Å². The SMILES string of the molecule is C#CCOc1c(Br)cc(C=c2sc3n(c2=O)C(c2ccccc2)C(C(=O)OC(C)C)=C(C)N=3)cc1OC. The molecule has 2 heterocycles. The Morgan fingerprint density at radius 3 is 2.68 bits per heavy atom. The Kier molecular flexibility index (Phi) is 8.00. The highest BCUT2D eigenvalue weighted by Gasteiger charge is 2.33. The smallest absolute Gasteiger partial charge is 0.338 e. The molecule has 190 valence electrons. The topological polar surface area (TPSA) is 79.1 Å². The van der Waals surface area contributed by atoms with E-state index in [1.807, 2.05) is 36.4 Å². The molecule has 0 N–H and O–H groups in total. The third-order valence-electron chi connectivity index (χ3n) is 5.55. The van der Waals surface area contributed by atoms with Gasteiger partial charge in [0.1, 0.15) is 6.61 Å². The summed E-state index contributed by atoms with van der Waals surface area (Å²) in [5.41, 5.74) is 2.11. The highest BCUT2D eigenvalue weighted by Crippen LogP contribution is 2.37. The average Bonchev–Trinajstić information content (AvgIpc) is 3.16. The number of carbonyl (C=O) groups is 1.